The van der Waals surface area contributed by atoms with E-state index in [4.69, 9.17) is 0 Å². The average Bonchev–Trinajstić information content (AvgIpc) is 2.13. The maximum Gasteiger partial charge on any atom is 0.0900 e. The molecule has 0 fully saturated rings. The Kier molecular flexibility index (Phi) is 2.22. The van der Waals surface area contributed by atoms with E-state index in [-0.39, 0.29) is 0 Å². The van der Waals surface area contributed by atoms with Gasteiger partial charge in [0.2, 0.25) is 0 Å². The lowest BCUT2D eigenvalue weighted by Gasteiger charge is -1.87. The summed E-state index contributed by atoms with van der Waals surface area (Å²) in [5.74, 6) is 0. The van der Waals surface area contributed by atoms with E-state index in [2.05, 4.69) is 18.5 Å². The molecule has 1 nitrogen and oxygen atoms in total. The smallest absolute Gasteiger partial charge is 0.0900 e. The lowest BCUT2D eigenvalue weighted by atomic mass is 10.3. The Morgan fingerprint density at radius 3 is 2.70 bits per heavy atom. The molecule has 1 aromatic rings. The molecule has 1 heterocycles. The van der Waals surface area contributed by atoms with E-state index in [1.807, 2.05) is 13.0 Å². The van der Waals surface area contributed by atoms with E-state index in [1.165, 1.54) is 10.6 Å². The Morgan fingerprint density at radius 1 is 1.60 bits per heavy atom. The first kappa shape index (κ1) is 7.48. The van der Waals surface area contributed by atoms with Crippen molar-refractivity contribution in [3.8, 4) is 0 Å². The molecule has 0 unspecified atom stereocenters. The Hall–Kier alpha value is -0.630. The van der Waals surface area contributed by atoms with Crippen LogP contribution in [0.3, 0.4) is 0 Å². The maximum atomic E-state index is 4.35. The van der Waals surface area contributed by atoms with Gasteiger partial charge in [-0.2, -0.15) is 0 Å². The molecular weight excluding hydrogens is 142 g/mol. The molecule has 0 amide bonds. The van der Waals surface area contributed by atoms with Crippen LogP contribution in [0, 0.1) is 13.8 Å². The monoisotopic (exact) mass is 153 g/mol. The van der Waals surface area contributed by atoms with Crippen LogP contribution in [0.15, 0.2) is 12.7 Å². The van der Waals surface area contributed by atoms with Crippen molar-refractivity contribution in [2.24, 2.45) is 0 Å². The number of allylic oxidation sites excluding steroid dienone is 1. The molecule has 1 aromatic heterocycles. The van der Waals surface area contributed by atoms with Crippen molar-refractivity contribution < 1.29 is 0 Å². The predicted octanol–water partition coefficient (Wildman–Crippen LogP) is 2.49. The number of thiazole rings is 1. The Labute approximate surface area is 65.4 Å². The minimum atomic E-state index is 0.899. The molecule has 10 heavy (non-hydrogen) atoms. The van der Waals surface area contributed by atoms with Crippen LogP contribution in [0.1, 0.15) is 15.6 Å². The number of rotatable bonds is 2. The molecule has 0 saturated carbocycles. The second kappa shape index (κ2) is 2.97. The largest absolute Gasteiger partial charge is 0.246 e. The molecule has 0 radical (unpaired) electrons. The fraction of sp³-hybridized carbons (Fsp3) is 0.375. The van der Waals surface area contributed by atoms with Crippen molar-refractivity contribution in [2.45, 2.75) is 20.3 Å². The first-order valence-corrected chi connectivity index (χ1v) is 4.09. The molecule has 0 aliphatic carbocycles. The molecule has 0 atom stereocenters. The Bertz CT molecular complexity index is 237. The SMILES string of the molecule is C=CCc1nc(C)sc1C. The van der Waals surface area contributed by atoms with Crippen LogP contribution in [0.5, 0.6) is 0 Å². The van der Waals surface area contributed by atoms with Gasteiger partial charge in [0.1, 0.15) is 0 Å². The quantitative estimate of drug-likeness (QED) is 0.595. The van der Waals surface area contributed by atoms with E-state index >= 15 is 0 Å². The van der Waals surface area contributed by atoms with Gasteiger partial charge in [0, 0.05) is 11.3 Å². The van der Waals surface area contributed by atoms with Crippen molar-refractivity contribution in [3.05, 3.63) is 28.2 Å². The molecule has 0 aliphatic heterocycles. The highest BCUT2D eigenvalue weighted by Gasteiger charge is 2.00. The molecule has 54 valence electrons. The van der Waals surface area contributed by atoms with Gasteiger partial charge in [-0.3, -0.25) is 0 Å². The lowest BCUT2D eigenvalue weighted by Crippen LogP contribution is -1.82. The number of nitrogens with zero attached hydrogens (tertiary/aromatic N) is 1. The Morgan fingerprint density at radius 2 is 2.30 bits per heavy atom. The summed E-state index contributed by atoms with van der Waals surface area (Å²) in [4.78, 5) is 5.66. The van der Waals surface area contributed by atoms with Crippen molar-refractivity contribution in [1.82, 2.24) is 4.98 Å². The minimum absolute atomic E-state index is 0.899. The van der Waals surface area contributed by atoms with Crippen molar-refractivity contribution in [3.63, 3.8) is 0 Å². The molecule has 1 rings (SSSR count). The zero-order chi connectivity index (χ0) is 7.56. The summed E-state index contributed by atoms with van der Waals surface area (Å²) in [7, 11) is 0. The molecule has 0 spiro atoms. The van der Waals surface area contributed by atoms with Crippen LogP contribution >= 0.6 is 11.3 Å². The minimum Gasteiger partial charge on any atom is -0.246 e. The van der Waals surface area contributed by atoms with E-state index in [0.717, 1.165) is 11.4 Å². The molecular formula is C8H11NS. The zero-order valence-corrected chi connectivity index (χ0v) is 7.16. The molecule has 0 saturated heterocycles. The topological polar surface area (TPSA) is 12.9 Å². The van der Waals surface area contributed by atoms with E-state index in [0.29, 0.717) is 0 Å². The fourth-order valence-electron chi connectivity index (χ4n) is 0.898. The summed E-state index contributed by atoms with van der Waals surface area (Å²) in [5.41, 5.74) is 1.18. The number of aryl methyl sites for hydroxylation is 2. The second-order valence-corrected chi connectivity index (χ2v) is 3.64. The number of hydrogen-bond acceptors (Lipinski definition) is 2. The second-order valence-electron chi connectivity index (χ2n) is 2.23. The first-order chi connectivity index (χ1) is 4.74. The van der Waals surface area contributed by atoms with Gasteiger partial charge in [0.05, 0.1) is 10.7 Å². The Balaban J connectivity index is 2.91. The van der Waals surface area contributed by atoms with E-state index < -0.39 is 0 Å². The summed E-state index contributed by atoms with van der Waals surface area (Å²) >= 11 is 1.75. The van der Waals surface area contributed by atoms with Gasteiger partial charge >= 0.3 is 0 Å². The van der Waals surface area contributed by atoms with Gasteiger partial charge in [-0.05, 0) is 13.8 Å². The standard InChI is InChI=1S/C8H11NS/c1-4-5-8-6(2)10-7(3)9-8/h4H,1,5H2,2-3H3. The van der Waals surface area contributed by atoms with E-state index in [9.17, 15) is 0 Å². The zero-order valence-electron chi connectivity index (χ0n) is 6.35. The first-order valence-electron chi connectivity index (χ1n) is 3.28. The van der Waals surface area contributed by atoms with Crippen molar-refractivity contribution in [1.29, 1.82) is 0 Å². The highest BCUT2D eigenvalue weighted by atomic mass is 32.1. The van der Waals surface area contributed by atoms with Crippen molar-refractivity contribution in [2.75, 3.05) is 0 Å². The lowest BCUT2D eigenvalue weighted by molar-refractivity contribution is 1.10. The van der Waals surface area contributed by atoms with Gasteiger partial charge in [-0.15, -0.1) is 17.9 Å². The normalized spacial score (nSPS) is 9.80. The van der Waals surface area contributed by atoms with Crippen LogP contribution in [-0.2, 0) is 6.42 Å². The van der Waals surface area contributed by atoms with Crippen LogP contribution in [0.2, 0.25) is 0 Å². The summed E-state index contributed by atoms with van der Waals surface area (Å²) in [5, 5.41) is 1.15. The molecule has 0 aliphatic rings. The van der Waals surface area contributed by atoms with Crippen LogP contribution < -0.4 is 0 Å². The van der Waals surface area contributed by atoms with Gasteiger partial charge in [0.15, 0.2) is 0 Å². The van der Waals surface area contributed by atoms with E-state index in [1.54, 1.807) is 11.3 Å². The van der Waals surface area contributed by atoms with Crippen LogP contribution in [0.25, 0.3) is 0 Å². The summed E-state index contributed by atoms with van der Waals surface area (Å²) in [6.45, 7) is 7.80. The average molecular weight is 153 g/mol. The van der Waals surface area contributed by atoms with Crippen LogP contribution in [-0.4, -0.2) is 4.98 Å². The molecule has 0 bridgehead atoms. The molecule has 0 N–H and O–H groups in total. The molecule has 2 heteroatoms. The maximum absolute atomic E-state index is 4.35. The van der Waals surface area contributed by atoms with Gasteiger partial charge in [-0.25, -0.2) is 4.98 Å². The molecule has 0 aromatic carbocycles. The number of aromatic nitrogens is 1. The van der Waals surface area contributed by atoms with Gasteiger partial charge in [0.25, 0.3) is 0 Å². The fourth-order valence-corrected chi connectivity index (χ4v) is 1.74. The summed E-state index contributed by atoms with van der Waals surface area (Å²) < 4.78 is 0. The van der Waals surface area contributed by atoms with Crippen LogP contribution in [0.4, 0.5) is 0 Å². The van der Waals surface area contributed by atoms with Crippen molar-refractivity contribution >= 4 is 11.3 Å². The highest BCUT2D eigenvalue weighted by Crippen LogP contribution is 2.16. The summed E-state index contributed by atoms with van der Waals surface area (Å²) in [6, 6.07) is 0. The third kappa shape index (κ3) is 1.45. The highest BCUT2D eigenvalue weighted by molar-refractivity contribution is 7.11. The third-order valence-corrected chi connectivity index (χ3v) is 2.27. The summed E-state index contributed by atoms with van der Waals surface area (Å²) in [6.07, 6.45) is 2.79. The number of hydrogen-bond donors (Lipinski definition) is 0. The third-order valence-electron chi connectivity index (χ3n) is 1.34. The predicted molar refractivity (Wildman–Crippen MR) is 45.5 cm³/mol. The van der Waals surface area contributed by atoms with Gasteiger partial charge in [-0.1, -0.05) is 6.08 Å². The van der Waals surface area contributed by atoms with Gasteiger partial charge < -0.3 is 0 Å².